The number of hydrogen-bond acceptors (Lipinski definition) is 8. The number of anilines is 2. The molecule has 0 aromatic carbocycles. The predicted molar refractivity (Wildman–Crippen MR) is 79.0 cm³/mol. The van der Waals surface area contributed by atoms with Crippen molar-refractivity contribution in [2.24, 2.45) is 0 Å². The Labute approximate surface area is 122 Å². The Bertz CT molecular complexity index is 559. The van der Waals surface area contributed by atoms with Crippen LogP contribution in [0.3, 0.4) is 0 Å². The van der Waals surface area contributed by atoms with Crippen LogP contribution < -0.4 is 10.6 Å². The van der Waals surface area contributed by atoms with Gasteiger partial charge in [-0.2, -0.15) is 4.98 Å². The molecule has 0 saturated carbocycles. The van der Waals surface area contributed by atoms with E-state index in [4.69, 9.17) is 4.52 Å². The number of nitrogens with one attached hydrogen (secondary N) is 2. The van der Waals surface area contributed by atoms with Gasteiger partial charge < -0.3 is 15.2 Å². The van der Waals surface area contributed by atoms with Crippen molar-refractivity contribution < 1.29 is 4.52 Å². The molecule has 0 aliphatic carbocycles. The van der Waals surface area contributed by atoms with Gasteiger partial charge in [-0.1, -0.05) is 23.8 Å². The maximum atomic E-state index is 4.92. The molecule has 0 aliphatic rings. The minimum atomic E-state index is 0.468. The number of aromatic nitrogens is 4. The second-order valence-electron chi connectivity index (χ2n) is 4.14. The highest BCUT2D eigenvalue weighted by atomic mass is 32.2. The van der Waals surface area contributed by atoms with Crippen LogP contribution in [0.2, 0.25) is 0 Å². The molecule has 2 N–H and O–H groups in total. The number of thioether (sulfide) groups is 1. The quantitative estimate of drug-likeness (QED) is 0.594. The molecular formula is C12H18N6OS. The Kier molecular flexibility index (Phi) is 5.16. The van der Waals surface area contributed by atoms with Crippen LogP contribution >= 0.6 is 11.8 Å². The summed E-state index contributed by atoms with van der Waals surface area (Å²) in [5.74, 6) is 2.72. The van der Waals surface area contributed by atoms with Crippen LogP contribution in [-0.4, -0.2) is 32.9 Å². The van der Waals surface area contributed by atoms with Crippen LogP contribution in [0.25, 0.3) is 0 Å². The van der Waals surface area contributed by atoms with Crippen molar-refractivity contribution in [3.05, 3.63) is 17.8 Å². The Morgan fingerprint density at radius 3 is 2.55 bits per heavy atom. The molecule has 0 aliphatic heterocycles. The second kappa shape index (κ2) is 7.09. The molecule has 2 aromatic rings. The van der Waals surface area contributed by atoms with Crippen LogP contribution in [0.15, 0.2) is 15.7 Å². The fourth-order valence-corrected chi connectivity index (χ4v) is 1.91. The molecule has 2 heterocycles. The second-order valence-corrected chi connectivity index (χ2v) is 4.91. The highest BCUT2D eigenvalue weighted by Gasteiger charge is 2.06. The fourth-order valence-electron chi connectivity index (χ4n) is 1.53. The molecule has 0 bridgehead atoms. The molecule has 2 aromatic heterocycles. The first-order valence-corrected chi connectivity index (χ1v) is 7.63. The van der Waals surface area contributed by atoms with E-state index in [-0.39, 0.29) is 0 Å². The fraction of sp³-hybridized carbons (Fsp3) is 0.500. The maximum Gasteiger partial charge on any atom is 0.223 e. The summed E-state index contributed by atoms with van der Waals surface area (Å²) < 4.78 is 4.92. The molecular weight excluding hydrogens is 276 g/mol. The predicted octanol–water partition coefficient (Wildman–Crippen LogP) is 2.32. The lowest BCUT2D eigenvalue weighted by Gasteiger charge is -2.09. The molecule has 20 heavy (non-hydrogen) atoms. The van der Waals surface area contributed by atoms with Gasteiger partial charge in [0.25, 0.3) is 0 Å². The van der Waals surface area contributed by atoms with E-state index in [9.17, 15) is 0 Å². The van der Waals surface area contributed by atoms with E-state index in [1.807, 2.05) is 12.3 Å². The van der Waals surface area contributed by atoms with E-state index in [2.05, 4.69) is 37.7 Å². The largest absolute Gasteiger partial charge is 0.370 e. The molecule has 8 heteroatoms. The molecule has 0 saturated heterocycles. The smallest absolute Gasteiger partial charge is 0.223 e. The molecule has 0 radical (unpaired) electrons. The van der Waals surface area contributed by atoms with Crippen molar-refractivity contribution in [2.45, 2.75) is 32.0 Å². The van der Waals surface area contributed by atoms with Gasteiger partial charge in [-0.3, -0.25) is 0 Å². The average Bonchev–Trinajstić information content (AvgIpc) is 2.88. The minimum absolute atomic E-state index is 0.468. The van der Waals surface area contributed by atoms with Gasteiger partial charge in [-0.15, -0.1) is 0 Å². The van der Waals surface area contributed by atoms with Gasteiger partial charge in [-0.05, 0) is 12.7 Å². The van der Waals surface area contributed by atoms with Crippen molar-refractivity contribution in [1.29, 1.82) is 0 Å². The highest BCUT2D eigenvalue weighted by Crippen LogP contribution is 2.17. The van der Waals surface area contributed by atoms with E-state index >= 15 is 0 Å². The van der Waals surface area contributed by atoms with Gasteiger partial charge in [-0.25, -0.2) is 9.97 Å². The first-order chi connectivity index (χ1) is 9.71. The summed E-state index contributed by atoms with van der Waals surface area (Å²) in [6, 6.07) is 1.88. The number of aryl methyl sites for hydroxylation is 1. The topological polar surface area (TPSA) is 88.8 Å². The zero-order valence-corrected chi connectivity index (χ0v) is 12.6. The van der Waals surface area contributed by atoms with Crippen LogP contribution in [0.4, 0.5) is 11.6 Å². The van der Waals surface area contributed by atoms with Crippen molar-refractivity contribution in [3.63, 3.8) is 0 Å². The Hall–Kier alpha value is -1.83. The average molecular weight is 294 g/mol. The van der Waals surface area contributed by atoms with Crippen LogP contribution in [-0.2, 0) is 6.54 Å². The third-order valence-electron chi connectivity index (χ3n) is 2.44. The molecule has 0 fully saturated rings. The van der Waals surface area contributed by atoms with Gasteiger partial charge in [0, 0.05) is 19.5 Å². The summed E-state index contributed by atoms with van der Waals surface area (Å²) in [6.45, 7) is 5.23. The number of nitrogens with zero attached hydrogens (tertiary/aromatic N) is 4. The molecule has 0 spiro atoms. The summed E-state index contributed by atoms with van der Waals surface area (Å²) in [4.78, 5) is 12.9. The van der Waals surface area contributed by atoms with E-state index in [0.29, 0.717) is 18.3 Å². The van der Waals surface area contributed by atoms with Gasteiger partial charge >= 0.3 is 0 Å². The van der Waals surface area contributed by atoms with Gasteiger partial charge in [0.15, 0.2) is 11.0 Å². The highest BCUT2D eigenvalue weighted by molar-refractivity contribution is 7.98. The zero-order valence-electron chi connectivity index (χ0n) is 11.8. The summed E-state index contributed by atoms with van der Waals surface area (Å²) in [5, 5.41) is 11.0. The third kappa shape index (κ3) is 4.09. The molecule has 0 unspecified atom stereocenters. The van der Waals surface area contributed by atoms with Crippen molar-refractivity contribution >= 4 is 23.4 Å². The van der Waals surface area contributed by atoms with Crippen LogP contribution in [0.5, 0.6) is 0 Å². The van der Waals surface area contributed by atoms with Crippen LogP contribution in [0.1, 0.15) is 25.1 Å². The van der Waals surface area contributed by atoms with E-state index in [0.717, 1.165) is 29.8 Å². The lowest BCUT2D eigenvalue weighted by molar-refractivity contribution is 0.388. The number of hydrogen-bond donors (Lipinski definition) is 2. The van der Waals surface area contributed by atoms with E-state index < -0.39 is 0 Å². The molecule has 0 atom stereocenters. The lowest BCUT2D eigenvalue weighted by atomic mass is 10.4. The lowest BCUT2D eigenvalue weighted by Crippen LogP contribution is -2.07. The zero-order chi connectivity index (χ0) is 14.4. The van der Waals surface area contributed by atoms with Gasteiger partial charge in [0.2, 0.25) is 5.89 Å². The van der Waals surface area contributed by atoms with E-state index in [1.54, 1.807) is 6.92 Å². The normalized spacial score (nSPS) is 10.6. The summed E-state index contributed by atoms with van der Waals surface area (Å²) in [7, 11) is 0. The number of rotatable bonds is 7. The van der Waals surface area contributed by atoms with Crippen molar-refractivity contribution in [1.82, 2.24) is 20.1 Å². The van der Waals surface area contributed by atoms with Crippen molar-refractivity contribution in [3.8, 4) is 0 Å². The SMILES string of the molecule is CCCNc1cc(NCc2noc(C)n2)nc(SC)n1. The van der Waals surface area contributed by atoms with E-state index in [1.165, 1.54) is 11.8 Å². The minimum Gasteiger partial charge on any atom is -0.370 e. The van der Waals surface area contributed by atoms with Gasteiger partial charge in [0.05, 0.1) is 6.54 Å². The Morgan fingerprint density at radius 1 is 1.20 bits per heavy atom. The standard InChI is InChI=1S/C12H18N6OS/c1-4-5-13-9-6-10(17-12(16-9)20-3)14-7-11-15-8(2)19-18-11/h6H,4-5,7H2,1-3H3,(H2,13,14,16,17). The summed E-state index contributed by atoms with van der Waals surface area (Å²) in [5.41, 5.74) is 0. The molecule has 0 amide bonds. The monoisotopic (exact) mass is 294 g/mol. The molecule has 108 valence electrons. The van der Waals surface area contributed by atoms with Crippen molar-refractivity contribution in [2.75, 3.05) is 23.4 Å². The summed E-state index contributed by atoms with van der Waals surface area (Å²) in [6.07, 6.45) is 2.99. The summed E-state index contributed by atoms with van der Waals surface area (Å²) >= 11 is 1.50. The van der Waals surface area contributed by atoms with Crippen LogP contribution in [0, 0.1) is 6.92 Å². The van der Waals surface area contributed by atoms with Gasteiger partial charge in [0.1, 0.15) is 11.6 Å². The Balaban J connectivity index is 2.05. The molecule has 2 rings (SSSR count). The third-order valence-corrected chi connectivity index (χ3v) is 2.99. The first kappa shape index (κ1) is 14.6. The maximum absolute atomic E-state index is 4.92. The first-order valence-electron chi connectivity index (χ1n) is 6.41. The molecule has 7 nitrogen and oxygen atoms in total. The Morgan fingerprint density at radius 2 is 1.95 bits per heavy atom.